The first-order valence-electron chi connectivity index (χ1n) is 8.20. The van der Waals surface area contributed by atoms with Gasteiger partial charge in [-0.05, 0) is 48.9 Å². The van der Waals surface area contributed by atoms with Gasteiger partial charge in [0.25, 0.3) is 5.91 Å². The zero-order valence-electron chi connectivity index (χ0n) is 15.2. The summed E-state index contributed by atoms with van der Waals surface area (Å²) in [4.78, 5) is 24.3. The second-order valence-corrected chi connectivity index (χ2v) is 6.51. The minimum Gasteiger partial charge on any atom is -0.493 e. The number of anilines is 1. The van der Waals surface area contributed by atoms with Gasteiger partial charge in [0.1, 0.15) is 6.61 Å². The Morgan fingerprint density at radius 1 is 1.19 bits per heavy atom. The molecule has 2 amide bonds. The highest BCUT2D eigenvalue weighted by Gasteiger charge is 2.12. The number of rotatable bonds is 8. The summed E-state index contributed by atoms with van der Waals surface area (Å²) in [5.41, 5.74) is 2.04. The first-order valence-corrected chi connectivity index (χ1v) is 9.00. The van der Waals surface area contributed by atoms with Crippen molar-refractivity contribution in [2.24, 2.45) is 0 Å². The number of halogens is 1. The molecule has 2 aromatic carbocycles. The number of hydrogen-bond acceptors (Lipinski definition) is 4. The van der Waals surface area contributed by atoms with Crippen molar-refractivity contribution < 1.29 is 19.1 Å². The van der Waals surface area contributed by atoms with E-state index >= 15 is 0 Å². The van der Waals surface area contributed by atoms with Crippen molar-refractivity contribution in [2.75, 3.05) is 25.6 Å². The van der Waals surface area contributed by atoms with E-state index in [0.717, 1.165) is 10.0 Å². The first kappa shape index (κ1) is 20.5. The number of carbonyl (C=O) groups is 2. The summed E-state index contributed by atoms with van der Waals surface area (Å²) in [7, 11) is 1.49. The smallest absolute Gasteiger partial charge is 0.251 e. The third-order valence-corrected chi connectivity index (χ3v) is 4.52. The Morgan fingerprint density at radius 2 is 1.96 bits per heavy atom. The highest BCUT2D eigenvalue weighted by molar-refractivity contribution is 9.10. The van der Waals surface area contributed by atoms with E-state index in [1.54, 1.807) is 30.3 Å². The van der Waals surface area contributed by atoms with Crippen molar-refractivity contribution in [3.8, 4) is 11.5 Å². The molecule has 0 saturated heterocycles. The van der Waals surface area contributed by atoms with E-state index in [-0.39, 0.29) is 18.4 Å². The van der Waals surface area contributed by atoms with E-state index in [1.165, 1.54) is 7.11 Å². The molecule has 0 fully saturated rings. The highest BCUT2D eigenvalue weighted by Crippen LogP contribution is 2.28. The summed E-state index contributed by atoms with van der Waals surface area (Å²) < 4.78 is 11.6. The third-order valence-electron chi connectivity index (χ3n) is 3.63. The molecular weight excluding hydrogens is 412 g/mol. The van der Waals surface area contributed by atoms with Gasteiger partial charge >= 0.3 is 0 Å². The SMILES string of the molecule is C=CCOc1ccc(C(=O)NCC(=O)Nc2ccc(Br)c(C)c2)cc1OC. The van der Waals surface area contributed by atoms with Crippen LogP contribution >= 0.6 is 15.9 Å². The number of carbonyl (C=O) groups excluding carboxylic acids is 2. The minimum atomic E-state index is -0.384. The Labute approximate surface area is 166 Å². The van der Waals surface area contributed by atoms with Gasteiger partial charge in [-0.25, -0.2) is 0 Å². The molecule has 142 valence electrons. The largest absolute Gasteiger partial charge is 0.493 e. The predicted octanol–water partition coefficient (Wildman–Crippen LogP) is 3.70. The molecule has 0 unspecified atom stereocenters. The van der Waals surface area contributed by atoms with E-state index in [9.17, 15) is 9.59 Å². The molecule has 0 radical (unpaired) electrons. The second kappa shape index (κ2) is 9.78. The molecule has 0 aliphatic rings. The lowest BCUT2D eigenvalue weighted by atomic mass is 10.2. The molecule has 0 aliphatic heterocycles. The molecule has 0 atom stereocenters. The molecule has 6 nitrogen and oxygen atoms in total. The zero-order chi connectivity index (χ0) is 19.8. The molecule has 0 spiro atoms. The second-order valence-electron chi connectivity index (χ2n) is 5.66. The maximum absolute atomic E-state index is 12.3. The van der Waals surface area contributed by atoms with Gasteiger partial charge < -0.3 is 20.1 Å². The van der Waals surface area contributed by atoms with Crippen LogP contribution in [0.5, 0.6) is 11.5 Å². The quantitative estimate of drug-likeness (QED) is 0.623. The van der Waals surface area contributed by atoms with Gasteiger partial charge in [0.15, 0.2) is 11.5 Å². The lowest BCUT2D eigenvalue weighted by molar-refractivity contribution is -0.115. The Kier molecular flexibility index (Phi) is 7.43. The van der Waals surface area contributed by atoms with E-state index in [4.69, 9.17) is 9.47 Å². The van der Waals surface area contributed by atoms with Crippen LogP contribution in [0.1, 0.15) is 15.9 Å². The molecule has 0 heterocycles. The van der Waals surface area contributed by atoms with Gasteiger partial charge in [0, 0.05) is 15.7 Å². The summed E-state index contributed by atoms with van der Waals surface area (Å²) in [5.74, 6) is 0.241. The molecule has 7 heteroatoms. The summed E-state index contributed by atoms with van der Waals surface area (Å²) in [6.07, 6.45) is 1.62. The number of amides is 2. The fourth-order valence-electron chi connectivity index (χ4n) is 2.27. The van der Waals surface area contributed by atoms with Gasteiger partial charge in [-0.3, -0.25) is 9.59 Å². The lowest BCUT2D eigenvalue weighted by Crippen LogP contribution is -2.32. The van der Waals surface area contributed by atoms with Gasteiger partial charge in [-0.2, -0.15) is 0 Å². The van der Waals surface area contributed by atoms with E-state index in [1.807, 2.05) is 19.1 Å². The number of ether oxygens (including phenoxy) is 2. The molecule has 27 heavy (non-hydrogen) atoms. The van der Waals surface area contributed by atoms with Crippen LogP contribution in [0.4, 0.5) is 5.69 Å². The Hall–Kier alpha value is -2.80. The minimum absolute atomic E-state index is 0.148. The maximum Gasteiger partial charge on any atom is 0.251 e. The Balaban J connectivity index is 1.95. The predicted molar refractivity (Wildman–Crippen MR) is 109 cm³/mol. The van der Waals surface area contributed by atoms with E-state index < -0.39 is 0 Å². The maximum atomic E-state index is 12.3. The standard InChI is InChI=1S/C20H21BrN2O4/c1-4-9-27-17-8-5-14(11-18(17)26-3)20(25)22-12-19(24)23-15-6-7-16(21)13(2)10-15/h4-8,10-11H,1,9,12H2,2-3H3,(H,22,25)(H,23,24). The first-order chi connectivity index (χ1) is 12.9. The van der Waals surface area contributed by atoms with Crippen LogP contribution in [-0.2, 0) is 4.79 Å². The number of aryl methyl sites for hydroxylation is 1. The monoisotopic (exact) mass is 432 g/mol. The third kappa shape index (κ3) is 5.86. The topological polar surface area (TPSA) is 76.7 Å². The molecule has 2 rings (SSSR count). The molecule has 0 aromatic heterocycles. The summed E-state index contributed by atoms with van der Waals surface area (Å²) in [6, 6.07) is 10.3. The number of nitrogens with one attached hydrogen (secondary N) is 2. The molecule has 0 bridgehead atoms. The fraction of sp³-hybridized carbons (Fsp3) is 0.200. The van der Waals surface area contributed by atoms with Crippen molar-refractivity contribution in [3.05, 3.63) is 64.7 Å². The van der Waals surface area contributed by atoms with Crippen LogP contribution in [-0.4, -0.2) is 32.1 Å². The lowest BCUT2D eigenvalue weighted by Gasteiger charge is -2.11. The van der Waals surface area contributed by atoms with Crippen LogP contribution in [0, 0.1) is 6.92 Å². The fourth-order valence-corrected chi connectivity index (χ4v) is 2.51. The molecule has 0 saturated carbocycles. The Morgan fingerprint density at radius 3 is 2.63 bits per heavy atom. The summed E-state index contributed by atoms with van der Waals surface area (Å²) in [5, 5.41) is 5.33. The average Bonchev–Trinajstić information content (AvgIpc) is 2.67. The zero-order valence-corrected chi connectivity index (χ0v) is 16.8. The van der Waals surface area contributed by atoms with Crippen molar-refractivity contribution in [2.45, 2.75) is 6.92 Å². The molecule has 2 N–H and O–H groups in total. The van der Waals surface area contributed by atoms with Gasteiger partial charge in [-0.1, -0.05) is 28.6 Å². The number of benzene rings is 2. The van der Waals surface area contributed by atoms with E-state index in [0.29, 0.717) is 29.4 Å². The Bertz CT molecular complexity index is 852. The van der Waals surface area contributed by atoms with Gasteiger partial charge in [-0.15, -0.1) is 0 Å². The number of hydrogen-bond donors (Lipinski definition) is 2. The molecular formula is C20H21BrN2O4. The van der Waals surface area contributed by atoms with Gasteiger partial charge in [0.2, 0.25) is 5.91 Å². The molecule has 0 aliphatic carbocycles. The van der Waals surface area contributed by atoms with Crippen molar-refractivity contribution in [3.63, 3.8) is 0 Å². The average molecular weight is 433 g/mol. The van der Waals surface area contributed by atoms with Crippen molar-refractivity contribution in [1.29, 1.82) is 0 Å². The number of methoxy groups -OCH3 is 1. The summed E-state index contributed by atoms with van der Waals surface area (Å²) >= 11 is 3.41. The van der Waals surface area contributed by atoms with Crippen LogP contribution in [0.3, 0.4) is 0 Å². The van der Waals surface area contributed by atoms with Crippen LogP contribution < -0.4 is 20.1 Å². The van der Waals surface area contributed by atoms with Crippen LogP contribution in [0.15, 0.2) is 53.5 Å². The van der Waals surface area contributed by atoms with Crippen LogP contribution in [0.25, 0.3) is 0 Å². The molecule has 2 aromatic rings. The van der Waals surface area contributed by atoms with E-state index in [2.05, 4.69) is 33.1 Å². The van der Waals surface area contributed by atoms with Gasteiger partial charge in [0.05, 0.1) is 13.7 Å². The van der Waals surface area contributed by atoms with Crippen molar-refractivity contribution >= 4 is 33.4 Å². The normalized spacial score (nSPS) is 10.0. The highest BCUT2D eigenvalue weighted by atomic mass is 79.9. The van der Waals surface area contributed by atoms with Crippen molar-refractivity contribution in [1.82, 2.24) is 5.32 Å². The summed E-state index contributed by atoms with van der Waals surface area (Å²) in [6.45, 7) is 5.70. The van der Waals surface area contributed by atoms with Crippen LogP contribution in [0.2, 0.25) is 0 Å².